The Morgan fingerprint density at radius 3 is 2.76 bits per heavy atom. The maximum atomic E-state index is 13.5. The van der Waals surface area contributed by atoms with Crippen LogP contribution in [0.1, 0.15) is 23.7 Å². The van der Waals surface area contributed by atoms with Gasteiger partial charge in [0.05, 0.1) is 5.69 Å². The van der Waals surface area contributed by atoms with E-state index in [2.05, 4.69) is 6.92 Å². The molecule has 1 fully saturated rings. The zero-order chi connectivity index (χ0) is 12.6. The molecule has 1 aromatic rings. The molecule has 1 aliphatic carbocycles. The third-order valence-electron chi connectivity index (χ3n) is 3.40. The Bertz CT molecular complexity index is 447. The summed E-state index contributed by atoms with van der Waals surface area (Å²) in [5.74, 6) is -0.594. The van der Waals surface area contributed by atoms with Crippen LogP contribution in [-0.2, 0) is 0 Å². The molecule has 1 aromatic carbocycles. The summed E-state index contributed by atoms with van der Waals surface area (Å²) in [4.78, 5) is 12.9. The molecular weight excluding hydrogens is 221 g/mol. The first kappa shape index (κ1) is 11.9. The van der Waals surface area contributed by atoms with Crippen molar-refractivity contribution in [3.63, 3.8) is 0 Å². The van der Waals surface area contributed by atoms with Crippen LogP contribution in [0.4, 0.5) is 10.1 Å². The van der Waals surface area contributed by atoms with E-state index in [1.54, 1.807) is 12.1 Å². The highest BCUT2D eigenvalue weighted by molar-refractivity contribution is 5.94. The lowest BCUT2D eigenvalue weighted by Crippen LogP contribution is -2.23. The summed E-state index contributed by atoms with van der Waals surface area (Å²) in [5.41, 5.74) is 0.222. The Morgan fingerprint density at radius 2 is 2.24 bits per heavy atom. The number of rotatable bonds is 4. The van der Waals surface area contributed by atoms with Crippen molar-refractivity contribution in [2.24, 2.45) is 11.8 Å². The molecule has 1 N–H and O–H groups in total. The van der Waals surface area contributed by atoms with Crippen LogP contribution in [0.3, 0.4) is 0 Å². The maximum absolute atomic E-state index is 13.5. The lowest BCUT2D eigenvalue weighted by molar-refractivity contribution is 0.0692. The molecule has 1 saturated carbocycles. The van der Waals surface area contributed by atoms with Crippen molar-refractivity contribution in [3.05, 3.63) is 29.6 Å². The second-order valence-corrected chi connectivity index (χ2v) is 4.79. The fourth-order valence-electron chi connectivity index (χ4n) is 2.15. The summed E-state index contributed by atoms with van der Waals surface area (Å²) in [5, 5.41) is 9.03. The van der Waals surface area contributed by atoms with Gasteiger partial charge >= 0.3 is 5.97 Å². The molecule has 0 radical (unpaired) electrons. The van der Waals surface area contributed by atoms with Crippen molar-refractivity contribution in [2.45, 2.75) is 13.3 Å². The topological polar surface area (TPSA) is 40.5 Å². The molecule has 0 aromatic heterocycles. The van der Waals surface area contributed by atoms with Gasteiger partial charge < -0.3 is 10.0 Å². The monoisotopic (exact) mass is 237 g/mol. The molecule has 0 saturated heterocycles. The van der Waals surface area contributed by atoms with Crippen LogP contribution in [0, 0.1) is 17.7 Å². The van der Waals surface area contributed by atoms with Gasteiger partial charge in [0.25, 0.3) is 0 Å². The Hall–Kier alpha value is -1.58. The molecule has 92 valence electrons. The van der Waals surface area contributed by atoms with Crippen molar-refractivity contribution in [1.82, 2.24) is 0 Å². The Labute approximate surface area is 99.9 Å². The van der Waals surface area contributed by atoms with Crippen LogP contribution in [-0.4, -0.2) is 24.7 Å². The van der Waals surface area contributed by atoms with E-state index in [4.69, 9.17) is 5.11 Å². The zero-order valence-corrected chi connectivity index (χ0v) is 9.98. The Kier molecular flexibility index (Phi) is 3.05. The summed E-state index contributed by atoms with van der Waals surface area (Å²) in [6.45, 7) is 2.95. The predicted octanol–water partition coefficient (Wildman–Crippen LogP) is 2.62. The first-order chi connectivity index (χ1) is 8.00. The quantitative estimate of drug-likeness (QED) is 0.875. The van der Waals surface area contributed by atoms with Crippen LogP contribution in [0.25, 0.3) is 0 Å². The van der Waals surface area contributed by atoms with Crippen molar-refractivity contribution in [2.75, 3.05) is 18.5 Å². The number of anilines is 1. The van der Waals surface area contributed by atoms with Gasteiger partial charge in [-0.3, -0.25) is 0 Å². The zero-order valence-electron chi connectivity index (χ0n) is 9.98. The highest BCUT2D eigenvalue weighted by Gasteiger charge is 2.34. The van der Waals surface area contributed by atoms with E-state index >= 15 is 0 Å². The van der Waals surface area contributed by atoms with E-state index in [0.29, 0.717) is 17.5 Å². The number of hydrogen-bond donors (Lipinski definition) is 1. The van der Waals surface area contributed by atoms with Gasteiger partial charge in [-0.25, -0.2) is 9.18 Å². The second-order valence-electron chi connectivity index (χ2n) is 4.79. The van der Waals surface area contributed by atoms with E-state index in [-0.39, 0.29) is 5.56 Å². The minimum Gasteiger partial charge on any atom is -0.478 e. The number of halogens is 1. The SMILES string of the molecule is CC1CC1CN(C)c1cccc(F)c1C(=O)O. The molecule has 1 aliphatic rings. The first-order valence-electron chi connectivity index (χ1n) is 5.73. The third-order valence-corrected chi connectivity index (χ3v) is 3.40. The van der Waals surface area contributed by atoms with Crippen molar-refractivity contribution in [1.29, 1.82) is 0 Å². The number of nitrogens with zero attached hydrogens (tertiary/aromatic N) is 1. The summed E-state index contributed by atoms with van der Waals surface area (Å²) in [7, 11) is 1.81. The van der Waals surface area contributed by atoms with E-state index in [9.17, 15) is 9.18 Å². The minimum atomic E-state index is -1.21. The van der Waals surface area contributed by atoms with Crippen LogP contribution in [0.2, 0.25) is 0 Å². The maximum Gasteiger partial charge on any atom is 0.340 e. The molecule has 3 nitrogen and oxygen atoms in total. The highest BCUT2D eigenvalue weighted by atomic mass is 19.1. The van der Waals surface area contributed by atoms with Crippen LogP contribution in [0.5, 0.6) is 0 Å². The summed E-state index contributed by atoms with van der Waals surface area (Å²) in [6, 6.07) is 4.38. The smallest absolute Gasteiger partial charge is 0.340 e. The minimum absolute atomic E-state index is 0.233. The molecule has 2 atom stereocenters. The van der Waals surface area contributed by atoms with E-state index in [1.165, 1.54) is 12.5 Å². The van der Waals surface area contributed by atoms with Gasteiger partial charge in [-0.15, -0.1) is 0 Å². The Balaban J connectivity index is 2.24. The molecule has 0 heterocycles. The van der Waals surface area contributed by atoms with Crippen molar-refractivity contribution in [3.8, 4) is 0 Å². The number of carbonyl (C=O) groups is 1. The van der Waals surface area contributed by atoms with E-state index in [1.807, 2.05) is 11.9 Å². The normalized spacial score (nSPS) is 22.3. The number of carboxylic acid groups (broad SMARTS) is 1. The average molecular weight is 237 g/mol. The molecule has 17 heavy (non-hydrogen) atoms. The molecule has 4 heteroatoms. The predicted molar refractivity (Wildman–Crippen MR) is 63.9 cm³/mol. The fourth-order valence-corrected chi connectivity index (χ4v) is 2.15. The number of aromatic carboxylic acids is 1. The molecular formula is C13H16FNO2. The largest absolute Gasteiger partial charge is 0.478 e. The molecule has 0 amide bonds. The van der Waals surface area contributed by atoms with Gasteiger partial charge in [-0.1, -0.05) is 13.0 Å². The molecule has 0 bridgehead atoms. The Morgan fingerprint density at radius 1 is 1.59 bits per heavy atom. The van der Waals surface area contributed by atoms with Crippen LogP contribution >= 0.6 is 0 Å². The summed E-state index contributed by atoms with van der Waals surface area (Å²) < 4.78 is 13.5. The fraction of sp³-hybridized carbons (Fsp3) is 0.462. The molecule has 2 unspecified atom stereocenters. The van der Waals surface area contributed by atoms with E-state index in [0.717, 1.165) is 6.54 Å². The van der Waals surface area contributed by atoms with Gasteiger partial charge in [0.1, 0.15) is 11.4 Å². The van der Waals surface area contributed by atoms with Gasteiger partial charge in [0.2, 0.25) is 0 Å². The van der Waals surface area contributed by atoms with Crippen LogP contribution in [0.15, 0.2) is 18.2 Å². The van der Waals surface area contributed by atoms with E-state index < -0.39 is 11.8 Å². The van der Waals surface area contributed by atoms with Crippen molar-refractivity contribution < 1.29 is 14.3 Å². The van der Waals surface area contributed by atoms with Crippen molar-refractivity contribution >= 4 is 11.7 Å². The summed E-state index contributed by atoms with van der Waals surface area (Å²) in [6.07, 6.45) is 1.17. The highest BCUT2D eigenvalue weighted by Crippen LogP contribution is 2.39. The average Bonchev–Trinajstić information content (AvgIpc) is 2.93. The van der Waals surface area contributed by atoms with Crippen LogP contribution < -0.4 is 4.90 Å². The summed E-state index contributed by atoms with van der Waals surface area (Å²) >= 11 is 0. The lowest BCUT2D eigenvalue weighted by atomic mass is 10.1. The molecule has 0 spiro atoms. The van der Waals surface area contributed by atoms with Gasteiger partial charge in [0.15, 0.2) is 0 Å². The van der Waals surface area contributed by atoms with Gasteiger partial charge in [-0.2, -0.15) is 0 Å². The third kappa shape index (κ3) is 2.40. The first-order valence-corrected chi connectivity index (χ1v) is 5.73. The number of carboxylic acids is 1. The standard InChI is InChI=1S/C13H16FNO2/c1-8-6-9(8)7-15(2)11-5-3-4-10(14)12(11)13(16)17/h3-5,8-9H,6-7H2,1-2H3,(H,16,17). The number of hydrogen-bond acceptors (Lipinski definition) is 2. The molecule has 2 rings (SSSR count). The number of benzene rings is 1. The second kappa shape index (κ2) is 4.35. The van der Waals surface area contributed by atoms with Gasteiger partial charge in [-0.05, 0) is 30.4 Å². The molecule has 0 aliphatic heterocycles. The lowest BCUT2D eigenvalue weighted by Gasteiger charge is -2.21. The van der Waals surface area contributed by atoms with Gasteiger partial charge in [0, 0.05) is 13.6 Å².